The number of anilines is 1. The van der Waals surface area contributed by atoms with Crippen LogP contribution < -0.4 is 14.4 Å². The molecule has 4 aromatic carbocycles. The zero-order valence-electron chi connectivity index (χ0n) is 22.9. The number of benzene rings is 4. The Morgan fingerprint density at radius 2 is 1.54 bits per heavy atom. The third kappa shape index (κ3) is 6.96. The molecular formula is C33H28Cl2N2O3S. The maximum Gasteiger partial charge on any atom is 0.271 e. The molecule has 0 aliphatic carbocycles. The Labute approximate surface area is 254 Å². The molecule has 1 fully saturated rings. The van der Waals surface area contributed by atoms with Crippen LogP contribution in [0, 0.1) is 13.8 Å². The molecule has 4 aromatic rings. The molecule has 1 aliphatic heterocycles. The zero-order valence-corrected chi connectivity index (χ0v) is 25.2. The molecule has 0 N–H and O–H groups in total. The predicted molar refractivity (Wildman–Crippen MR) is 171 cm³/mol. The second-order valence-corrected chi connectivity index (χ2v) is 11.3. The van der Waals surface area contributed by atoms with Crippen molar-refractivity contribution in [1.82, 2.24) is 0 Å². The van der Waals surface area contributed by atoms with Crippen molar-refractivity contribution in [2.75, 3.05) is 11.5 Å². The van der Waals surface area contributed by atoms with E-state index in [1.807, 2.05) is 106 Å². The first-order valence-electron chi connectivity index (χ1n) is 13.1. The van der Waals surface area contributed by atoms with Crippen molar-refractivity contribution in [2.45, 2.75) is 27.4 Å². The number of carbonyl (C=O) groups excluding carboxylic acids is 1. The van der Waals surface area contributed by atoms with Crippen LogP contribution in [0.1, 0.15) is 29.2 Å². The topological polar surface area (TPSA) is 51.1 Å². The van der Waals surface area contributed by atoms with Crippen molar-refractivity contribution in [1.29, 1.82) is 0 Å². The number of aryl methyl sites for hydroxylation is 2. The van der Waals surface area contributed by atoms with Crippen molar-refractivity contribution in [3.63, 3.8) is 0 Å². The van der Waals surface area contributed by atoms with Crippen LogP contribution in [0.5, 0.6) is 11.5 Å². The molecule has 0 saturated carbocycles. The lowest BCUT2D eigenvalue weighted by atomic mass is 10.1. The van der Waals surface area contributed by atoms with Gasteiger partial charge in [0.2, 0.25) is 0 Å². The Hall–Kier alpha value is -3.71. The number of rotatable bonds is 8. The quantitative estimate of drug-likeness (QED) is 0.188. The standard InChI is InChI=1S/C33H28Cl2N2O3S/c1-4-39-29-18-24(17-28(35)31(29)40-20-23-9-11-25(34)12-10-23)19-30-32(38)37(27-15-7-22(3)8-16-27)33(41-30)36-26-13-5-21(2)6-14-26/h5-19H,4,20H2,1-3H3/b30-19-,36-33?. The fourth-order valence-corrected chi connectivity index (χ4v) is 5.56. The summed E-state index contributed by atoms with van der Waals surface area (Å²) in [7, 11) is 0. The molecule has 1 aliphatic rings. The van der Waals surface area contributed by atoms with Crippen molar-refractivity contribution in [3.05, 3.63) is 122 Å². The second kappa shape index (κ2) is 12.9. The highest BCUT2D eigenvalue weighted by Gasteiger charge is 2.35. The monoisotopic (exact) mass is 602 g/mol. The van der Waals surface area contributed by atoms with Gasteiger partial charge < -0.3 is 9.47 Å². The van der Waals surface area contributed by atoms with Gasteiger partial charge in [-0.05, 0) is 98.3 Å². The van der Waals surface area contributed by atoms with Crippen molar-refractivity contribution < 1.29 is 14.3 Å². The van der Waals surface area contributed by atoms with Crippen LogP contribution >= 0.6 is 35.0 Å². The molecule has 0 unspecified atom stereocenters. The Morgan fingerprint density at radius 3 is 2.20 bits per heavy atom. The van der Waals surface area contributed by atoms with Gasteiger partial charge in [-0.1, -0.05) is 70.7 Å². The van der Waals surface area contributed by atoms with Gasteiger partial charge in [-0.2, -0.15) is 0 Å². The van der Waals surface area contributed by atoms with E-state index in [1.54, 1.807) is 11.0 Å². The number of thioether (sulfide) groups is 1. The largest absolute Gasteiger partial charge is 0.490 e. The lowest BCUT2D eigenvalue weighted by molar-refractivity contribution is -0.113. The van der Waals surface area contributed by atoms with E-state index >= 15 is 0 Å². The molecule has 5 rings (SSSR count). The van der Waals surface area contributed by atoms with Gasteiger partial charge in [0.05, 0.1) is 27.9 Å². The first-order valence-corrected chi connectivity index (χ1v) is 14.7. The number of nitrogens with zero attached hydrogens (tertiary/aromatic N) is 2. The highest BCUT2D eigenvalue weighted by molar-refractivity contribution is 8.19. The van der Waals surface area contributed by atoms with E-state index < -0.39 is 0 Å². The fourth-order valence-electron chi connectivity index (χ4n) is 4.16. The van der Waals surface area contributed by atoms with E-state index in [2.05, 4.69) is 0 Å². The summed E-state index contributed by atoms with van der Waals surface area (Å²) in [5.41, 5.74) is 5.44. The first-order chi connectivity index (χ1) is 19.8. The maximum absolute atomic E-state index is 13.8. The van der Waals surface area contributed by atoms with Crippen molar-refractivity contribution in [2.24, 2.45) is 4.99 Å². The molecule has 1 heterocycles. The first kappa shape index (κ1) is 28.8. The Balaban J connectivity index is 1.48. The second-order valence-electron chi connectivity index (χ2n) is 9.49. The van der Waals surface area contributed by atoms with Gasteiger partial charge in [0.25, 0.3) is 5.91 Å². The molecule has 1 saturated heterocycles. The van der Waals surface area contributed by atoms with Crippen LogP contribution in [0.4, 0.5) is 11.4 Å². The lowest BCUT2D eigenvalue weighted by Gasteiger charge is -2.16. The smallest absolute Gasteiger partial charge is 0.271 e. The molecule has 8 heteroatoms. The van der Waals surface area contributed by atoms with E-state index in [9.17, 15) is 4.79 Å². The van der Waals surface area contributed by atoms with Gasteiger partial charge in [-0.15, -0.1) is 0 Å². The number of hydrogen-bond acceptors (Lipinski definition) is 5. The summed E-state index contributed by atoms with van der Waals surface area (Å²) in [6.45, 7) is 6.66. The molecule has 1 amide bonds. The summed E-state index contributed by atoms with van der Waals surface area (Å²) in [6.07, 6.45) is 1.81. The van der Waals surface area contributed by atoms with Crippen molar-refractivity contribution in [3.8, 4) is 11.5 Å². The number of halogens is 2. The van der Waals surface area contributed by atoms with Gasteiger partial charge >= 0.3 is 0 Å². The minimum atomic E-state index is -0.165. The summed E-state index contributed by atoms with van der Waals surface area (Å²) < 4.78 is 11.9. The highest BCUT2D eigenvalue weighted by atomic mass is 35.5. The van der Waals surface area contributed by atoms with Gasteiger partial charge in [0.1, 0.15) is 6.61 Å². The normalized spacial score (nSPS) is 15.1. The molecule has 0 radical (unpaired) electrons. The summed E-state index contributed by atoms with van der Waals surface area (Å²) in [5.74, 6) is 0.779. The van der Waals surface area contributed by atoms with E-state index in [0.717, 1.165) is 28.1 Å². The molecule has 0 aromatic heterocycles. The Kier molecular flexibility index (Phi) is 9.03. The van der Waals surface area contributed by atoms with Crippen LogP contribution in [0.25, 0.3) is 6.08 Å². The number of amidine groups is 1. The van der Waals surface area contributed by atoms with Gasteiger partial charge in [0, 0.05) is 5.02 Å². The average molecular weight is 604 g/mol. The third-order valence-electron chi connectivity index (χ3n) is 6.28. The van der Waals surface area contributed by atoms with Gasteiger partial charge in [-0.3, -0.25) is 9.69 Å². The molecule has 41 heavy (non-hydrogen) atoms. The van der Waals surface area contributed by atoms with Crippen LogP contribution in [0.15, 0.2) is 94.8 Å². The maximum atomic E-state index is 13.8. The molecule has 0 atom stereocenters. The number of hydrogen-bond donors (Lipinski definition) is 0. The Morgan fingerprint density at radius 1 is 0.878 bits per heavy atom. The van der Waals surface area contributed by atoms with Crippen LogP contribution in [0.3, 0.4) is 0 Å². The van der Waals surface area contributed by atoms with E-state index in [4.69, 9.17) is 37.7 Å². The molecule has 208 valence electrons. The van der Waals surface area contributed by atoms with Crippen LogP contribution in [0.2, 0.25) is 10.0 Å². The van der Waals surface area contributed by atoms with Crippen LogP contribution in [-0.2, 0) is 11.4 Å². The highest BCUT2D eigenvalue weighted by Crippen LogP contribution is 2.41. The zero-order chi connectivity index (χ0) is 28.9. The SMILES string of the molecule is CCOc1cc(/C=C2\SC(=Nc3ccc(C)cc3)N(c3ccc(C)cc3)C2=O)cc(Cl)c1OCc1ccc(Cl)cc1. The third-order valence-corrected chi connectivity index (χ3v) is 7.78. The molecule has 5 nitrogen and oxygen atoms in total. The van der Waals surface area contributed by atoms with Gasteiger partial charge in [-0.25, -0.2) is 4.99 Å². The number of ether oxygens (including phenoxy) is 2. The van der Waals surface area contributed by atoms with Gasteiger partial charge in [0.15, 0.2) is 16.7 Å². The number of aliphatic imine (C=N–C) groups is 1. The summed E-state index contributed by atoms with van der Waals surface area (Å²) in [5, 5.41) is 1.62. The summed E-state index contributed by atoms with van der Waals surface area (Å²) in [4.78, 5) is 20.7. The molecule has 0 bridgehead atoms. The average Bonchev–Trinajstić information content (AvgIpc) is 3.25. The number of amides is 1. The van der Waals surface area contributed by atoms with Crippen molar-refractivity contribution >= 4 is 63.5 Å². The molecular weight excluding hydrogens is 575 g/mol. The van der Waals surface area contributed by atoms with E-state index in [-0.39, 0.29) is 5.91 Å². The predicted octanol–water partition coefficient (Wildman–Crippen LogP) is 9.40. The minimum absolute atomic E-state index is 0.165. The van der Waals surface area contributed by atoms with Crippen LogP contribution in [-0.4, -0.2) is 17.7 Å². The number of carbonyl (C=O) groups is 1. The van der Waals surface area contributed by atoms with E-state index in [1.165, 1.54) is 11.8 Å². The summed E-state index contributed by atoms with van der Waals surface area (Å²) in [6, 6.07) is 26.7. The van der Waals surface area contributed by atoms with E-state index in [0.29, 0.717) is 50.4 Å². The lowest BCUT2D eigenvalue weighted by Crippen LogP contribution is -2.28. The fraction of sp³-hybridized carbons (Fsp3) is 0.152. The summed E-state index contributed by atoms with van der Waals surface area (Å²) >= 11 is 14.0. The molecule has 0 spiro atoms. The minimum Gasteiger partial charge on any atom is -0.490 e. The Bertz CT molecular complexity index is 1620.